The minimum atomic E-state index is -3.57. The lowest BCUT2D eigenvalue weighted by atomic mass is 10.2. The molecule has 5 heteroatoms. The summed E-state index contributed by atoms with van der Waals surface area (Å²) in [5.41, 5.74) is 2.60. The second-order valence-corrected chi connectivity index (χ2v) is 7.52. The van der Waals surface area contributed by atoms with E-state index in [0.29, 0.717) is 15.3 Å². The molecule has 3 nitrogen and oxygen atoms in total. The van der Waals surface area contributed by atoms with Crippen molar-refractivity contribution in [3.05, 3.63) is 58.7 Å². The van der Waals surface area contributed by atoms with Crippen LogP contribution < -0.4 is 0 Å². The minimum Gasteiger partial charge on any atom is -0.360 e. The van der Waals surface area contributed by atoms with Crippen molar-refractivity contribution in [1.82, 2.24) is 4.98 Å². The van der Waals surface area contributed by atoms with Crippen LogP contribution in [0.2, 0.25) is 5.02 Å². The molecule has 0 radical (unpaired) electrons. The van der Waals surface area contributed by atoms with Crippen molar-refractivity contribution < 1.29 is 8.42 Å². The van der Waals surface area contributed by atoms with E-state index in [-0.39, 0.29) is 4.90 Å². The van der Waals surface area contributed by atoms with E-state index in [4.69, 9.17) is 11.6 Å². The highest BCUT2D eigenvalue weighted by Crippen LogP contribution is 2.30. The number of fused-ring (bicyclic) bond motifs is 1. The lowest BCUT2D eigenvalue weighted by molar-refractivity contribution is 0.597. The molecule has 0 spiro atoms. The molecule has 0 atom stereocenters. The number of aromatic nitrogens is 1. The van der Waals surface area contributed by atoms with Gasteiger partial charge in [0.2, 0.25) is 9.84 Å². The van der Waals surface area contributed by atoms with E-state index in [9.17, 15) is 8.42 Å². The van der Waals surface area contributed by atoms with Gasteiger partial charge in [-0.3, -0.25) is 0 Å². The van der Waals surface area contributed by atoms with Crippen molar-refractivity contribution in [2.24, 2.45) is 0 Å². The molecule has 3 aromatic rings. The molecule has 108 valence electrons. The topological polar surface area (TPSA) is 49.9 Å². The van der Waals surface area contributed by atoms with E-state index in [1.807, 2.05) is 19.9 Å². The standard InChI is InChI=1S/C16H14ClNO2S/c1-10-5-11(2)7-13(6-10)21(19,20)16-9-18-15-4-3-12(17)8-14(15)16/h3-9,18H,1-2H3. The fourth-order valence-corrected chi connectivity index (χ4v) is 4.29. The first kappa shape index (κ1) is 14.2. The number of nitrogens with one attached hydrogen (secondary N) is 1. The van der Waals surface area contributed by atoms with Crippen LogP contribution in [0.5, 0.6) is 0 Å². The minimum absolute atomic E-state index is 0.255. The van der Waals surface area contributed by atoms with E-state index in [1.165, 1.54) is 6.20 Å². The second kappa shape index (κ2) is 4.90. The third-order valence-electron chi connectivity index (χ3n) is 3.40. The summed E-state index contributed by atoms with van der Waals surface area (Å²) in [6.45, 7) is 3.77. The Balaban J connectivity index is 2.27. The van der Waals surface area contributed by atoms with Crippen LogP contribution >= 0.6 is 11.6 Å². The van der Waals surface area contributed by atoms with Gasteiger partial charge in [0.05, 0.1) is 9.79 Å². The van der Waals surface area contributed by atoms with Crippen LogP contribution in [0.15, 0.2) is 52.4 Å². The first-order valence-electron chi connectivity index (χ1n) is 6.48. The maximum absolute atomic E-state index is 12.9. The van der Waals surface area contributed by atoms with Crippen molar-refractivity contribution in [1.29, 1.82) is 0 Å². The van der Waals surface area contributed by atoms with Gasteiger partial charge < -0.3 is 4.98 Å². The van der Waals surface area contributed by atoms with Crippen LogP contribution in [0.3, 0.4) is 0 Å². The third kappa shape index (κ3) is 2.45. The van der Waals surface area contributed by atoms with E-state index in [1.54, 1.807) is 30.3 Å². The molecule has 1 heterocycles. The van der Waals surface area contributed by atoms with Crippen molar-refractivity contribution in [3.8, 4) is 0 Å². The average molecular weight is 320 g/mol. The number of sulfone groups is 1. The smallest absolute Gasteiger partial charge is 0.208 e. The Morgan fingerprint density at radius 3 is 2.33 bits per heavy atom. The number of rotatable bonds is 2. The van der Waals surface area contributed by atoms with Crippen LogP contribution in [0, 0.1) is 13.8 Å². The molecule has 0 aliphatic carbocycles. The molecule has 2 aromatic carbocycles. The summed E-state index contributed by atoms with van der Waals surface area (Å²) >= 11 is 5.99. The summed E-state index contributed by atoms with van der Waals surface area (Å²) < 4.78 is 25.7. The third-order valence-corrected chi connectivity index (χ3v) is 5.41. The molecule has 0 fully saturated rings. The Kier molecular flexibility index (Phi) is 3.30. The van der Waals surface area contributed by atoms with Gasteiger partial charge in [0.1, 0.15) is 0 Å². The number of H-pyrrole nitrogens is 1. The Labute approximate surface area is 128 Å². The fraction of sp³-hybridized carbons (Fsp3) is 0.125. The van der Waals surface area contributed by atoms with Gasteiger partial charge in [-0.1, -0.05) is 17.7 Å². The van der Waals surface area contributed by atoms with Crippen molar-refractivity contribution in [3.63, 3.8) is 0 Å². The fourth-order valence-electron chi connectivity index (χ4n) is 2.50. The maximum atomic E-state index is 12.9. The summed E-state index contributed by atoms with van der Waals surface area (Å²) in [5.74, 6) is 0. The highest BCUT2D eigenvalue weighted by molar-refractivity contribution is 7.91. The van der Waals surface area contributed by atoms with Gasteiger partial charge in [0.15, 0.2) is 0 Å². The molecular formula is C16H14ClNO2S. The van der Waals surface area contributed by atoms with Crippen molar-refractivity contribution in [2.45, 2.75) is 23.6 Å². The summed E-state index contributed by atoms with van der Waals surface area (Å²) in [4.78, 5) is 3.54. The summed E-state index contributed by atoms with van der Waals surface area (Å²) in [5, 5.41) is 1.13. The highest BCUT2D eigenvalue weighted by atomic mass is 35.5. The van der Waals surface area contributed by atoms with Crippen molar-refractivity contribution >= 4 is 32.3 Å². The van der Waals surface area contributed by atoms with Crippen molar-refractivity contribution in [2.75, 3.05) is 0 Å². The first-order chi connectivity index (χ1) is 9.88. The molecule has 0 aliphatic rings. The highest BCUT2D eigenvalue weighted by Gasteiger charge is 2.22. The largest absolute Gasteiger partial charge is 0.360 e. The first-order valence-corrected chi connectivity index (χ1v) is 8.34. The molecule has 3 rings (SSSR count). The van der Waals surface area contributed by atoms with Gasteiger partial charge in [-0.25, -0.2) is 8.42 Å². The molecular weight excluding hydrogens is 306 g/mol. The van der Waals surface area contributed by atoms with Crippen LogP contribution in [0.4, 0.5) is 0 Å². The zero-order chi connectivity index (χ0) is 15.2. The zero-order valence-electron chi connectivity index (χ0n) is 11.6. The number of aryl methyl sites for hydroxylation is 2. The van der Waals surface area contributed by atoms with Gasteiger partial charge in [-0.2, -0.15) is 0 Å². The normalized spacial score (nSPS) is 12.0. The molecule has 0 amide bonds. The number of aromatic amines is 1. The van der Waals surface area contributed by atoms with Crippen LogP contribution in [0.1, 0.15) is 11.1 Å². The maximum Gasteiger partial charge on any atom is 0.208 e. The molecule has 0 bridgehead atoms. The van der Waals surface area contributed by atoms with Gasteiger partial charge in [0.25, 0.3) is 0 Å². The zero-order valence-corrected chi connectivity index (χ0v) is 13.2. The lowest BCUT2D eigenvalue weighted by Crippen LogP contribution is -2.02. The van der Waals surface area contributed by atoms with Crippen LogP contribution in [-0.2, 0) is 9.84 Å². The molecule has 1 aromatic heterocycles. The number of benzene rings is 2. The number of hydrogen-bond acceptors (Lipinski definition) is 2. The van der Waals surface area contributed by atoms with E-state index < -0.39 is 9.84 Å². The predicted molar refractivity (Wildman–Crippen MR) is 84.7 cm³/mol. The van der Waals surface area contributed by atoms with E-state index >= 15 is 0 Å². The van der Waals surface area contributed by atoms with Gasteiger partial charge in [-0.05, 0) is 55.3 Å². The molecule has 1 N–H and O–H groups in total. The van der Waals surface area contributed by atoms with Gasteiger partial charge in [0, 0.05) is 22.1 Å². The Morgan fingerprint density at radius 2 is 1.67 bits per heavy atom. The van der Waals surface area contributed by atoms with Gasteiger partial charge in [-0.15, -0.1) is 0 Å². The van der Waals surface area contributed by atoms with Gasteiger partial charge >= 0.3 is 0 Å². The Hall–Kier alpha value is -1.78. The predicted octanol–water partition coefficient (Wildman–Crippen LogP) is 4.27. The summed E-state index contributed by atoms with van der Waals surface area (Å²) in [6.07, 6.45) is 1.52. The molecule has 0 aliphatic heterocycles. The van der Waals surface area contributed by atoms with E-state index in [2.05, 4.69) is 4.98 Å². The molecule has 0 unspecified atom stereocenters. The molecule has 21 heavy (non-hydrogen) atoms. The number of hydrogen-bond donors (Lipinski definition) is 1. The monoisotopic (exact) mass is 319 g/mol. The second-order valence-electron chi connectivity index (χ2n) is 5.17. The summed E-state index contributed by atoms with van der Waals surface area (Å²) in [7, 11) is -3.57. The van der Waals surface area contributed by atoms with Crippen LogP contribution in [0.25, 0.3) is 10.9 Å². The summed E-state index contributed by atoms with van der Waals surface area (Å²) in [6, 6.07) is 10.5. The number of halogens is 1. The Bertz CT molecular complexity index is 922. The SMILES string of the molecule is Cc1cc(C)cc(S(=O)(=O)c2c[nH]c3ccc(Cl)cc23)c1. The Morgan fingerprint density at radius 1 is 1.00 bits per heavy atom. The lowest BCUT2D eigenvalue weighted by Gasteiger charge is -2.06. The molecule has 0 saturated carbocycles. The quantitative estimate of drug-likeness (QED) is 0.766. The molecule has 0 saturated heterocycles. The van der Waals surface area contributed by atoms with E-state index in [0.717, 1.165) is 16.6 Å². The van der Waals surface area contributed by atoms with Crippen LogP contribution in [-0.4, -0.2) is 13.4 Å². The average Bonchev–Trinajstić information content (AvgIpc) is 2.81.